The number of anilines is 2. The van der Waals surface area contributed by atoms with Crippen LogP contribution < -0.4 is 10.6 Å². The third-order valence-corrected chi connectivity index (χ3v) is 4.64. The van der Waals surface area contributed by atoms with Gasteiger partial charge in [-0.1, -0.05) is 34.1 Å². The number of carbonyl (C=O) groups excluding carboxylic acids is 1. The smallest absolute Gasteiger partial charge is 0.250 e. The van der Waals surface area contributed by atoms with Crippen LogP contribution in [-0.2, 0) is 6.42 Å². The van der Waals surface area contributed by atoms with Crippen molar-refractivity contribution in [2.45, 2.75) is 6.42 Å². The highest BCUT2D eigenvalue weighted by Crippen LogP contribution is 2.41. The van der Waals surface area contributed by atoms with Crippen molar-refractivity contribution in [3.8, 4) is 0 Å². The summed E-state index contributed by atoms with van der Waals surface area (Å²) in [6.45, 7) is 1.69. The van der Waals surface area contributed by atoms with Crippen LogP contribution >= 0.6 is 15.9 Å². The minimum atomic E-state index is -0.379. The minimum Gasteiger partial charge on any atom is -0.366 e. The lowest BCUT2D eigenvalue weighted by Gasteiger charge is -2.35. The molecule has 0 fully saturated rings. The number of amides is 1. The van der Waals surface area contributed by atoms with Gasteiger partial charge in [-0.2, -0.15) is 0 Å². The molecular weight excluding hydrogens is 354 g/mol. The Bertz CT molecular complexity index is 758. The van der Waals surface area contributed by atoms with E-state index in [1.807, 2.05) is 26.2 Å². The van der Waals surface area contributed by atoms with Crippen LogP contribution in [0.4, 0.5) is 11.4 Å². The zero-order valence-electron chi connectivity index (χ0n) is 13.3. The van der Waals surface area contributed by atoms with Gasteiger partial charge in [0.15, 0.2) is 0 Å². The second-order valence-electron chi connectivity index (χ2n) is 6.08. The normalized spacial score (nSPS) is 13.0. The number of benzene rings is 2. The average molecular weight is 374 g/mol. The molecule has 2 N–H and O–H groups in total. The Labute approximate surface area is 145 Å². The van der Waals surface area contributed by atoms with Crippen molar-refractivity contribution in [3.05, 3.63) is 57.6 Å². The average Bonchev–Trinajstić information content (AvgIpc) is 2.50. The van der Waals surface area contributed by atoms with E-state index in [0.717, 1.165) is 40.9 Å². The number of nitrogens with two attached hydrogens (primary N) is 1. The van der Waals surface area contributed by atoms with Crippen molar-refractivity contribution in [2.24, 2.45) is 5.73 Å². The third kappa shape index (κ3) is 3.12. The first-order valence-corrected chi connectivity index (χ1v) is 8.39. The van der Waals surface area contributed by atoms with Crippen molar-refractivity contribution in [1.82, 2.24) is 4.90 Å². The second-order valence-corrected chi connectivity index (χ2v) is 7.00. The largest absolute Gasteiger partial charge is 0.366 e. The fourth-order valence-corrected chi connectivity index (χ4v) is 3.40. The lowest BCUT2D eigenvalue weighted by molar-refractivity contribution is 0.100. The molecule has 0 saturated carbocycles. The molecular formula is C18H20BrN3O. The van der Waals surface area contributed by atoms with E-state index in [9.17, 15) is 4.79 Å². The molecule has 0 unspecified atom stereocenters. The number of carbonyl (C=O) groups is 1. The number of primary amides is 1. The van der Waals surface area contributed by atoms with Crippen LogP contribution in [0.2, 0.25) is 0 Å². The highest BCUT2D eigenvalue weighted by Gasteiger charge is 2.26. The number of para-hydroxylation sites is 1. The summed E-state index contributed by atoms with van der Waals surface area (Å²) in [5, 5.41) is 0. The van der Waals surface area contributed by atoms with Crippen LogP contribution in [0.3, 0.4) is 0 Å². The van der Waals surface area contributed by atoms with Crippen molar-refractivity contribution in [2.75, 3.05) is 32.1 Å². The highest BCUT2D eigenvalue weighted by molar-refractivity contribution is 9.10. The quantitative estimate of drug-likeness (QED) is 0.895. The maximum absolute atomic E-state index is 11.9. The summed E-state index contributed by atoms with van der Waals surface area (Å²) in [6.07, 6.45) is 0.817. The predicted octanol–water partition coefficient (Wildman–Crippen LogP) is 3.15. The number of hydrogen-bond donors (Lipinski definition) is 1. The van der Waals surface area contributed by atoms with Crippen molar-refractivity contribution >= 4 is 33.2 Å². The Kier molecular flexibility index (Phi) is 4.41. The van der Waals surface area contributed by atoms with Gasteiger partial charge in [0, 0.05) is 29.7 Å². The van der Waals surface area contributed by atoms with E-state index < -0.39 is 0 Å². The highest BCUT2D eigenvalue weighted by atomic mass is 79.9. The molecule has 0 aliphatic carbocycles. The zero-order valence-corrected chi connectivity index (χ0v) is 14.9. The number of hydrogen-bond acceptors (Lipinski definition) is 3. The summed E-state index contributed by atoms with van der Waals surface area (Å²) in [7, 11) is 4.10. The van der Waals surface area contributed by atoms with Gasteiger partial charge in [-0.25, -0.2) is 0 Å². The van der Waals surface area contributed by atoms with E-state index in [4.69, 9.17) is 5.73 Å². The molecule has 3 rings (SSSR count). The second kappa shape index (κ2) is 6.34. The Morgan fingerprint density at radius 2 is 2.04 bits per heavy atom. The molecule has 0 atom stereocenters. The molecule has 5 heteroatoms. The standard InChI is InChI=1S/C18H20BrN3O/c1-21(2)8-9-22-16-11-14(19)7-6-12(16)10-13-4-3-5-15(17(13)22)18(20)23/h3-7,11H,8-10H2,1-2H3,(H2,20,23). The van der Waals surface area contributed by atoms with Crippen LogP contribution in [-0.4, -0.2) is 38.0 Å². The molecule has 0 radical (unpaired) electrons. The van der Waals surface area contributed by atoms with Gasteiger partial charge in [0.25, 0.3) is 5.91 Å². The lowest BCUT2D eigenvalue weighted by atomic mass is 9.92. The molecule has 1 aliphatic heterocycles. The maximum Gasteiger partial charge on any atom is 0.250 e. The predicted molar refractivity (Wildman–Crippen MR) is 97.5 cm³/mol. The van der Waals surface area contributed by atoms with E-state index in [1.54, 1.807) is 0 Å². The minimum absolute atomic E-state index is 0.379. The first-order valence-electron chi connectivity index (χ1n) is 7.60. The zero-order chi connectivity index (χ0) is 16.6. The summed E-state index contributed by atoms with van der Waals surface area (Å²) in [4.78, 5) is 16.3. The number of fused-ring (bicyclic) bond motifs is 2. The van der Waals surface area contributed by atoms with E-state index in [0.29, 0.717) is 5.56 Å². The molecule has 0 aromatic heterocycles. The van der Waals surface area contributed by atoms with Crippen molar-refractivity contribution < 1.29 is 4.79 Å². The van der Waals surface area contributed by atoms with Crippen molar-refractivity contribution in [3.63, 3.8) is 0 Å². The molecule has 0 spiro atoms. The topological polar surface area (TPSA) is 49.6 Å². The number of halogens is 1. The van der Waals surface area contributed by atoms with Gasteiger partial charge >= 0.3 is 0 Å². The molecule has 1 aliphatic rings. The Morgan fingerprint density at radius 1 is 1.26 bits per heavy atom. The van der Waals surface area contributed by atoms with Crippen molar-refractivity contribution in [1.29, 1.82) is 0 Å². The van der Waals surface area contributed by atoms with E-state index >= 15 is 0 Å². The van der Waals surface area contributed by atoms with E-state index in [1.165, 1.54) is 5.56 Å². The first-order chi connectivity index (χ1) is 11.0. The number of nitrogens with zero attached hydrogens (tertiary/aromatic N) is 2. The molecule has 4 nitrogen and oxygen atoms in total. The molecule has 23 heavy (non-hydrogen) atoms. The van der Waals surface area contributed by atoms with Gasteiger partial charge < -0.3 is 15.5 Å². The Balaban J connectivity index is 2.15. The molecule has 0 saturated heterocycles. The molecule has 120 valence electrons. The fourth-order valence-electron chi connectivity index (χ4n) is 3.05. The van der Waals surface area contributed by atoms with Gasteiger partial charge in [0.2, 0.25) is 0 Å². The Morgan fingerprint density at radius 3 is 2.74 bits per heavy atom. The summed E-state index contributed by atoms with van der Waals surface area (Å²) in [6, 6.07) is 12.1. The first kappa shape index (κ1) is 16.0. The summed E-state index contributed by atoms with van der Waals surface area (Å²) < 4.78 is 1.03. The molecule has 2 aromatic carbocycles. The number of rotatable bonds is 4. The van der Waals surface area contributed by atoms with Gasteiger partial charge in [0.05, 0.1) is 11.3 Å². The monoisotopic (exact) mass is 373 g/mol. The van der Waals surface area contributed by atoms with Crippen LogP contribution in [0.25, 0.3) is 0 Å². The molecule has 0 bridgehead atoms. The van der Waals surface area contributed by atoms with Crippen LogP contribution in [0.15, 0.2) is 40.9 Å². The van der Waals surface area contributed by atoms with Gasteiger partial charge in [-0.3, -0.25) is 4.79 Å². The van der Waals surface area contributed by atoms with Gasteiger partial charge in [-0.05, 0) is 43.4 Å². The Hall–Kier alpha value is -1.85. The third-order valence-electron chi connectivity index (χ3n) is 4.14. The van der Waals surface area contributed by atoms with Crippen LogP contribution in [0.1, 0.15) is 21.5 Å². The SMILES string of the molecule is CN(C)CCN1c2cc(Br)ccc2Cc2cccc(C(N)=O)c21. The summed E-state index contributed by atoms with van der Waals surface area (Å²) in [5.74, 6) is -0.379. The van der Waals surface area contributed by atoms with Crippen LogP contribution in [0.5, 0.6) is 0 Å². The molecule has 2 aromatic rings. The molecule has 1 amide bonds. The van der Waals surface area contributed by atoms with Gasteiger partial charge in [-0.15, -0.1) is 0 Å². The maximum atomic E-state index is 11.9. The molecule has 1 heterocycles. The summed E-state index contributed by atoms with van der Waals surface area (Å²) in [5.41, 5.74) is 10.7. The summed E-state index contributed by atoms with van der Waals surface area (Å²) >= 11 is 3.56. The number of likely N-dealkylation sites (N-methyl/N-ethyl adjacent to an activating group) is 1. The fraction of sp³-hybridized carbons (Fsp3) is 0.278. The van der Waals surface area contributed by atoms with E-state index in [2.05, 4.69) is 50.0 Å². The van der Waals surface area contributed by atoms with E-state index in [-0.39, 0.29) is 5.91 Å². The van der Waals surface area contributed by atoms with Crippen LogP contribution in [0, 0.1) is 0 Å². The van der Waals surface area contributed by atoms with Gasteiger partial charge in [0.1, 0.15) is 0 Å². The lowest BCUT2D eigenvalue weighted by Crippen LogP contribution is -2.33.